The first-order valence-corrected chi connectivity index (χ1v) is 6.92. The van der Waals surface area contributed by atoms with E-state index in [1.807, 2.05) is 6.92 Å². The molecule has 0 unspecified atom stereocenters. The molecule has 0 saturated carbocycles. The first-order valence-electron chi connectivity index (χ1n) is 6.92. The van der Waals surface area contributed by atoms with Crippen LogP contribution < -0.4 is 4.90 Å². The monoisotopic (exact) mass is 245 g/mol. The quantitative estimate of drug-likeness (QED) is 0.808. The number of ketones is 1. The molecule has 1 aliphatic rings. The Balaban J connectivity index is 2.26. The number of hydrogen-bond donors (Lipinski definition) is 0. The Kier molecular flexibility index (Phi) is 3.74. The molecule has 98 valence electrons. The third-order valence-corrected chi connectivity index (χ3v) is 3.87. The van der Waals surface area contributed by atoms with Crippen LogP contribution in [0.2, 0.25) is 0 Å². The van der Waals surface area contributed by atoms with Crippen molar-refractivity contribution in [3.05, 3.63) is 29.8 Å². The molecule has 0 fully saturated rings. The van der Waals surface area contributed by atoms with E-state index < -0.39 is 0 Å². The van der Waals surface area contributed by atoms with Gasteiger partial charge >= 0.3 is 0 Å². The van der Waals surface area contributed by atoms with Gasteiger partial charge in [0.25, 0.3) is 0 Å². The van der Waals surface area contributed by atoms with Crippen LogP contribution in [0.5, 0.6) is 0 Å². The highest BCUT2D eigenvalue weighted by atomic mass is 16.1. The van der Waals surface area contributed by atoms with E-state index in [-0.39, 0.29) is 5.54 Å². The molecule has 1 aromatic rings. The number of carbonyl (C=O) groups excluding carboxylic acids is 1. The molecule has 0 N–H and O–H groups in total. The molecule has 18 heavy (non-hydrogen) atoms. The third-order valence-electron chi connectivity index (χ3n) is 3.87. The molecule has 1 heterocycles. The minimum Gasteiger partial charge on any atom is -0.366 e. The van der Waals surface area contributed by atoms with Gasteiger partial charge in [-0.3, -0.25) is 4.79 Å². The minimum absolute atomic E-state index is 0.0797. The Labute approximate surface area is 110 Å². The smallest absolute Gasteiger partial charge is 0.134 e. The van der Waals surface area contributed by atoms with Gasteiger partial charge in [-0.05, 0) is 38.3 Å². The fraction of sp³-hybridized carbons (Fsp3) is 0.562. The molecule has 0 spiro atoms. The normalized spacial score (nSPS) is 15.4. The van der Waals surface area contributed by atoms with E-state index in [1.54, 1.807) is 0 Å². The molecule has 0 aliphatic carbocycles. The van der Waals surface area contributed by atoms with Gasteiger partial charge in [0, 0.05) is 30.6 Å². The second-order valence-corrected chi connectivity index (χ2v) is 5.77. The number of benzene rings is 1. The average Bonchev–Trinajstić information content (AvgIpc) is 2.37. The van der Waals surface area contributed by atoms with Crippen LogP contribution in [-0.4, -0.2) is 17.9 Å². The topological polar surface area (TPSA) is 20.3 Å². The van der Waals surface area contributed by atoms with Crippen LogP contribution in [0.4, 0.5) is 5.69 Å². The number of Topliss-reactive ketones (excluding diaryl/α,β-unsaturated/α-hetero) is 1. The zero-order chi connectivity index (χ0) is 13.2. The molecular weight excluding hydrogens is 222 g/mol. The van der Waals surface area contributed by atoms with Crippen molar-refractivity contribution < 1.29 is 4.79 Å². The van der Waals surface area contributed by atoms with Crippen LogP contribution in [0.25, 0.3) is 0 Å². The number of aryl methyl sites for hydroxylation is 1. The predicted octanol–water partition coefficient (Wildman–Crippen LogP) is 3.59. The highest BCUT2D eigenvalue weighted by Gasteiger charge is 2.31. The number of para-hydroxylation sites is 1. The summed E-state index contributed by atoms with van der Waals surface area (Å²) in [4.78, 5) is 14.2. The second kappa shape index (κ2) is 5.13. The van der Waals surface area contributed by atoms with Crippen LogP contribution in [0, 0.1) is 0 Å². The molecule has 0 atom stereocenters. The summed E-state index contributed by atoms with van der Waals surface area (Å²) >= 11 is 0. The largest absolute Gasteiger partial charge is 0.366 e. The Hall–Kier alpha value is -1.31. The fourth-order valence-electron chi connectivity index (χ4n) is 2.87. The summed E-state index contributed by atoms with van der Waals surface area (Å²) in [5.41, 5.74) is 2.65. The molecular formula is C16H23NO. The standard InChI is InChI=1S/C16H23NO/c1-4-14(18)12-16(2,3)17-11-7-9-13-8-5-6-10-15(13)17/h5-6,8,10H,4,7,9,11-12H2,1-3H3. The van der Waals surface area contributed by atoms with Gasteiger partial charge < -0.3 is 4.90 Å². The van der Waals surface area contributed by atoms with Gasteiger partial charge in [0.05, 0.1) is 0 Å². The van der Waals surface area contributed by atoms with Crippen molar-refractivity contribution in [1.29, 1.82) is 0 Å². The predicted molar refractivity (Wildman–Crippen MR) is 76.1 cm³/mol. The van der Waals surface area contributed by atoms with Gasteiger partial charge in [-0.15, -0.1) is 0 Å². The zero-order valence-electron chi connectivity index (χ0n) is 11.7. The first kappa shape index (κ1) is 13.1. The van der Waals surface area contributed by atoms with Crippen molar-refractivity contribution in [3.63, 3.8) is 0 Å². The number of anilines is 1. The fourth-order valence-corrected chi connectivity index (χ4v) is 2.87. The van der Waals surface area contributed by atoms with Gasteiger partial charge in [-0.2, -0.15) is 0 Å². The van der Waals surface area contributed by atoms with Gasteiger partial charge in [0.15, 0.2) is 0 Å². The lowest BCUT2D eigenvalue weighted by atomic mass is 9.90. The summed E-state index contributed by atoms with van der Waals surface area (Å²) in [6.07, 6.45) is 3.61. The van der Waals surface area contributed by atoms with E-state index >= 15 is 0 Å². The molecule has 2 nitrogen and oxygen atoms in total. The van der Waals surface area contributed by atoms with E-state index in [0.717, 1.165) is 13.0 Å². The third kappa shape index (κ3) is 2.58. The Morgan fingerprint density at radius 2 is 2.06 bits per heavy atom. The van der Waals surface area contributed by atoms with Crippen LogP contribution in [-0.2, 0) is 11.2 Å². The molecule has 0 amide bonds. The van der Waals surface area contributed by atoms with Crippen LogP contribution in [0.3, 0.4) is 0 Å². The molecule has 1 aliphatic heterocycles. The Bertz CT molecular complexity index is 436. The van der Waals surface area contributed by atoms with Gasteiger partial charge in [-0.25, -0.2) is 0 Å². The number of rotatable bonds is 4. The zero-order valence-corrected chi connectivity index (χ0v) is 11.7. The van der Waals surface area contributed by atoms with Gasteiger partial charge in [0.1, 0.15) is 5.78 Å². The lowest BCUT2D eigenvalue weighted by molar-refractivity contribution is -0.119. The lowest BCUT2D eigenvalue weighted by Gasteiger charge is -2.43. The molecule has 0 radical (unpaired) electrons. The SMILES string of the molecule is CCC(=O)CC(C)(C)N1CCCc2ccccc21. The van der Waals surface area contributed by atoms with Crippen molar-refractivity contribution in [3.8, 4) is 0 Å². The first-order chi connectivity index (χ1) is 8.54. The summed E-state index contributed by atoms with van der Waals surface area (Å²) in [5, 5.41) is 0. The highest BCUT2D eigenvalue weighted by Crippen LogP contribution is 2.34. The maximum absolute atomic E-state index is 11.8. The van der Waals surface area contributed by atoms with E-state index in [0.29, 0.717) is 18.6 Å². The Morgan fingerprint density at radius 3 is 2.78 bits per heavy atom. The summed E-state index contributed by atoms with van der Waals surface area (Å²) in [6.45, 7) is 7.37. The summed E-state index contributed by atoms with van der Waals surface area (Å²) in [5.74, 6) is 0.350. The number of fused-ring (bicyclic) bond motifs is 1. The van der Waals surface area contributed by atoms with Crippen LogP contribution in [0.1, 0.15) is 45.6 Å². The molecule has 0 saturated heterocycles. The molecule has 2 heteroatoms. The lowest BCUT2D eigenvalue weighted by Crippen LogP contribution is -2.48. The molecule has 1 aromatic carbocycles. The van der Waals surface area contributed by atoms with Crippen LogP contribution in [0.15, 0.2) is 24.3 Å². The second-order valence-electron chi connectivity index (χ2n) is 5.77. The van der Waals surface area contributed by atoms with Crippen molar-refractivity contribution in [2.24, 2.45) is 0 Å². The molecule has 2 rings (SSSR count). The Morgan fingerprint density at radius 1 is 1.33 bits per heavy atom. The maximum Gasteiger partial charge on any atom is 0.134 e. The van der Waals surface area contributed by atoms with Crippen LogP contribution >= 0.6 is 0 Å². The van der Waals surface area contributed by atoms with Crippen molar-refractivity contribution >= 4 is 11.5 Å². The highest BCUT2D eigenvalue weighted by molar-refractivity contribution is 5.80. The van der Waals surface area contributed by atoms with E-state index in [4.69, 9.17) is 0 Å². The van der Waals surface area contributed by atoms with Gasteiger partial charge in [0.2, 0.25) is 0 Å². The van der Waals surface area contributed by atoms with E-state index in [2.05, 4.69) is 43.0 Å². The molecule has 0 bridgehead atoms. The minimum atomic E-state index is -0.0797. The summed E-state index contributed by atoms with van der Waals surface area (Å²) < 4.78 is 0. The van der Waals surface area contributed by atoms with Crippen molar-refractivity contribution in [2.45, 2.75) is 52.0 Å². The number of hydrogen-bond acceptors (Lipinski definition) is 2. The van der Waals surface area contributed by atoms with E-state index in [9.17, 15) is 4.79 Å². The van der Waals surface area contributed by atoms with E-state index in [1.165, 1.54) is 17.7 Å². The number of nitrogens with zero attached hydrogens (tertiary/aromatic N) is 1. The van der Waals surface area contributed by atoms with Gasteiger partial charge in [-0.1, -0.05) is 25.1 Å². The summed E-state index contributed by atoms with van der Waals surface area (Å²) in [7, 11) is 0. The number of carbonyl (C=O) groups is 1. The maximum atomic E-state index is 11.8. The van der Waals surface area contributed by atoms with Crippen molar-refractivity contribution in [1.82, 2.24) is 0 Å². The molecule has 0 aromatic heterocycles. The van der Waals surface area contributed by atoms with Crippen molar-refractivity contribution in [2.75, 3.05) is 11.4 Å². The average molecular weight is 245 g/mol. The summed E-state index contributed by atoms with van der Waals surface area (Å²) in [6, 6.07) is 8.59.